The second-order valence-electron chi connectivity index (χ2n) is 6.74. The second kappa shape index (κ2) is 6.63. The normalized spacial score (nSPS) is 18.5. The van der Waals surface area contributed by atoms with Crippen molar-refractivity contribution in [3.8, 4) is 11.3 Å². The standard InChI is InChI=1S/C21H18N2O3S/c1-13-22-18(12-27-13)14-7-9-16(10-8-14)23-20(25)21(2)11-15-5-3-4-6-17(15)19(24)26-21/h3-10,12H,11H2,1-2H3,(H,23,25). The number of carbonyl (C=O) groups excluding carboxylic acids is 2. The van der Waals surface area contributed by atoms with Crippen LogP contribution in [0.25, 0.3) is 11.3 Å². The first-order chi connectivity index (χ1) is 12.9. The molecule has 2 heterocycles. The lowest BCUT2D eigenvalue weighted by Crippen LogP contribution is -2.48. The largest absolute Gasteiger partial charge is 0.445 e. The van der Waals surface area contributed by atoms with Gasteiger partial charge in [-0.3, -0.25) is 4.79 Å². The van der Waals surface area contributed by atoms with E-state index in [0.717, 1.165) is 21.8 Å². The molecule has 1 aromatic heterocycles. The fraction of sp³-hybridized carbons (Fsp3) is 0.190. The predicted octanol–water partition coefficient (Wildman–Crippen LogP) is 4.23. The lowest BCUT2D eigenvalue weighted by Gasteiger charge is -2.33. The molecule has 0 fully saturated rings. The minimum absolute atomic E-state index is 0.344. The third kappa shape index (κ3) is 3.36. The molecule has 1 amide bonds. The van der Waals surface area contributed by atoms with Gasteiger partial charge in [0.05, 0.1) is 16.3 Å². The van der Waals surface area contributed by atoms with E-state index in [4.69, 9.17) is 4.74 Å². The third-order valence-corrected chi connectivity index (χ3v) is 5.39. The Labute approximate surface area is 161 Å². The average molecular weight is 378 g/mol. The van der Waals surface area contributed by atoms with Crippen molar-refractivity contribution in [3.05, 3.63) is 70.0 Å². The van der Waals surface area contributed by atoms with Gasteiger partial charge in [0.15, 0.2) is 5.60 Å². The third-order valence-electron chi connectivity index (χ3n) is 4.62. The summed E-state index contributed by atoms with van der Waals surface area (Å²) >= 11 is 1.60. The molecule has 0 saturated heterocycles. The highest BCUT2D eigenvalue weighted by Crippen LogP contribution is 2.30. The van der Waals surface area contributed by atoms with Gasteiger partial charge >= 0.3 is 5.97 Å². The Kier molecular flexibility index (Phi) is 4.28. The maximum absolute atomic E-state index is 12.8. The van der Waals surface area contributed by atoms with Crippen LogP contribution in [0.2, 0.25) is 0 Å². The lowest BCUT2D eigenvalue weighted by atomic mass is 9.89. The fourth-order valence-corrected chi connectivity index (χ4v) is 3.76. The molecule has 0 spiro atoms. The van der Waals surface area contributed by atoms with E-state index in [9.17, 15) is 9.59 Å². The molecule has 1 atom stereocenters. The number of fused-ring (bicyclic) bond motifs is 1. The number of aryl methyl sites for hydroxylation is 1. The van der Waals surface area contributed by atoms with Crippen molar-refractivity contribution in [3.63, 3.8) is 0 Å². The SMILES string of the molecule is Cc1nc(-c2ccc(NC(=O)C3(C)Cc4ccccc4C(=O)O3)cc2)cs1. The minimum Gasteiger partial charge on any atom is -0.445 e. The number of aromatic nitrogens is 1. The Balaban J connectivity index is 1.51. The predicted molar refractivity (Wildman–Crippen MR) is 105 cm³/mol. The van der Waals surface area contributed by atoms with Gasteiger partial charge in [-0.25, -0.2) is 9.78 Å². The first-order valence-corrected chi connectivity index (χ1v) is 9.48. The number of rotatable bonds is 3. The maximum Gasteiger partial charge on any atom is 0.339 e. The molecule has 0 saturated carbocycles. The summed E-state index contributed by atoms with van der Waals surface area (Å²) in [6.45, 7) is 3.61. The van der Waals surface area contributed by atoms with Gasteiger partial charge in [0.2, 0.25) is 0 Å². The van der Waals surface area contributed by atoms with Crippen LogP contribution in [0.15, 0.2) is 53.9 Å². The molecule has 1 aliphatic rings. The van der Waals surface area contributed by atoms with E-state index in [2.05, 4.69) is 10.3 Å². The number of anilines is 1. The molecule has 0 radical (unpaired) electrons. The first-order valence-electron chi connectivity index (χ1n) is 8.60. The molecular weight excluding hydrogens is 360 g/mol. The first kappa shape index (κ1) is 17.4. The quantitative estimate of drug-likeness (QED) is 0.693. The molecule has 136 valence electrons. The van der Waals surface area contributed by atoms with Crippen molar-refractivity contribution in [2.24, 2.45) is 0 Å². The van der Waals surface area contributed by atoms with Gasteiger partial charge in [-0.1, -0.05) is 30.3 Å². The van der Waals surface area contributed by atoms with Crippen molar-refractivity contribution in [1.29, 1.82) is 0 Å². The van der Waals surface area contributed by atoms with Gasteiger partial charge in [-0.15, -0.1) is 11.3 Å². The zero-order valence-electron chi connectivity index (χ0n) is 15.0. The average Bonchev–Trinajstić information content (AvgIpc) is 3.08. The van der Waals surface area contributed by atoms with Gasteiger partial charge < -0.3 is 10.1 Å². The number of cyclic esters (lactones) is 1. The fourth-order valence-electron chi connectivity index (χ4n) is 3.14. The van der Waals surface area contributed by atoms with E-state index in [1.54, 1.807) is 30.4 Å². The molecule has 5 nitrogen and oxygen atoms in total. The molecule has 1 N–H and O–H groups in total. The number of ether oxygens (including phenoxy) is 1. The summed E-state index contributed by atoms with van der Waals surface area (Å²) in [4.78, 5) is 29.5. The molecule has 1 unspecified atom stereocenters. The maximum atomic E-state index is 12.8. The Morgan fingerprint density at radius 3 is 2.63 bits per heavy atom. The van der Waals surface area contributed by atoms with Gasteiger partial charge in [-0.2, -0.15) is 0 Å². The summed E-state index contributed by atoms with van der Waals surface area (Å²) < 4.78 is 5.47. The van der Waals surface area contributed by atoms with Crippen LogP contribution in [0.5, 0.6) is 0 Å². The Bertz CT molecular complexity index is 1030. The number of esters is 1. The van der Waals surface area contributed by atoms with Crippen molar-refractivity contribution in [2.75, 3.05) is 5.32 Å². The Morgan fingerprint density at radius 1 is 1.19 bits per heavy atom. The van der Waals surface area contributed by atoms with Crippen LogP contribution in [0.1, 0.15) is 27.9 Å². The van der Waals surface area contributed by atoms with Crippen LogP contribution in [-0.4, -0.2) is 22.5 Å². The molecule has 1 aliphatic heterocycles. The molecule has 27 heavy (non-hydrogen) atoms. The summed E-state index contributed by atoms with van der Waals surface area (Å²) in [5.41, 5.74) is 2.65. The van der Waals surface area contributed by atoms with Gasteiger partial charge in [0.1, 0.15) is 0 Å². The van der Waals surface area contributed by atoms with E-state index in [1.807, 2.05) is 48.7 Å². The van der Waals surface area contributed by atoms with Crippen molar-refractivity contribution in [2.45, 2.75) is 25.9 Å². The summed E-state index contributed by atoms with van der Waals surface area (Å²) in [6.07, 6.45) is 0.344. The van der Waals surface area contributed by atoms with Crippen LogP contribution >= 0.6 is 11.3 Å². The van der Waals surface area contributed by atoms with E-state index in [0.29, 0.717) is 17.7 Å². The number of nitrogens with one attached hydrogen (secondary N) is 1. The number of carbonyl (C=O) groups is 2. The number of nitrogens with zero attached hydrogens (tertiary/aromatic N) is 1. The molecule has 6 heteroatoms. The van der Waals surface area contributed by atoms with E-state index in [-0.39, 0.29) is 5.91 Å². The van der Waals surface area contributed by atoms with Gasteiger partial charge in [-0.05, 0) is 37.6 Å². The number of hydrogen-bond donors (Lipinski definition) is 1. The van der Waals surface area contributed by atoms with Crippen molar-refractivity contribution in [1.82, 2.24) is 4.98 Å². The van der Waals surface area contributed by atoms with Gasteiger partial charge in [0, 0.05) is 23.1 Å². The number of benzene rings is 2. The molecule has 4 rings (SSSR count). The topological polar surface area (TPSA) is 68.3 Å². The van der Waals surface area contributed by atoms with Crippen molar-refractivity contribution >= 4 is 28.9 Å². The number of amides is 1. The highest BCUT2D eigenvalue weighted by Gasteiger charge is 2.42. The molecule has 0 bridgehead atoms. The van der Waals surface area contributed by atoms with E-state index >= 15 is 0 Å². The zero-order chi connectivity index (χ0) is 19.0. The molecule has 2 aromatic carbocycles. The molecular formula is C21H18N2O3S. The zero-order valence-corrected chi connectivity index (χ0v) is 15.8. The van der Waals surface area contributed by atoms with Crippen LogP contribution in [0, 0.1) is 6.92 Å². The number of thiazole rings is 1. The Hall–Kier alpha value is -2.99. The van der Waals surface area contributed by atoms with Crippen LogP contribution in [0.3, 0.4) is 0 Å². The molecule has 3 aromatic rings. The van der Waals surface area contributed by atoms with E-state index < -0.39 is 11.6 Å². The summed E-state index contributed by atoms with van der Waals surface area (Å²) in [6, 6.07) is 14.7. The summed E-state index contributed by atoms with van der Waals surface area (Å²) in [7, 11) is 0. The summed E-state index contributed by atoms with van der Waals surface area (Å²) in [5.74, 6) is -0.814. The summed E-state index contributed by atoms with van der Waals surface area (Å²) in [5, 5.41) is 5.87. The Morgan fingerprint density at radius 2 is 1.93 bits per heavy atom. The smallest absolute Gasteiger partial charge is 0.339 e. The monoisotopic (exact) mass is 378 g/mol. The number of hydrogen-bond acceptors (Lipinski definition) is 5. The van der Waals surface area contributed by atoms with E-state index in [1.165, 1.54) is 0 Å². The van der Waals surface area contributed by atoms with Crippen LogP contribution in [-0.2, 0) is 16.0 Å². The second-order valence-corrected chi connectivity index (χ2v) is 7.80. The van der Waals surface area contributed by atoms with Crippen molar-refractivity contribution < 1.29 is 14.3 Å². The van der Waals surface area contributed by atoms with Crippen LogP contribution in [0.4, 0.5) is 5.69 Å². The minimum atomic E-state index is -1.24. The highest BCUT2D eigenvalue weighted by molar-refractivity contribution is 7.09. The molecule has 0 aliphatic carbocycles. The highest BCUT2D eigenvalue weighted by atomic mass is 32.1. The lowest BCUT2D eigenvalue weighted by molar-refractivity contribution is -0.134. The van der Waals surface area contributed by atoms with Gasteiger partial charge in [0.25, 0.3) is 5.91 Å². The van der Waals surface area contributed by atoms with Crippen LogP contribution < -0.4 is 5.32 Å².